The summed E-state index contributed by atoms with van der Waals surface area (Å²) in [4.78, 5) is 15.8. The molecular weight excluding hydrogens is 437 g/mol. The number of rotatable bonds is 8. The Kier molecular flexibility index (Phi) is 7.49. The van der Waals surface area contributed by atoms with Crippen LogP contribution in [0, 0.1) is 11.3 Å². The molecular formula is C23H23Cl2N3OS. The van der Waals surface area contributed by atoms with Crippen molar-refractivity contribution < 1.29 is 4.79 Å². The molecule has 0 radical (unpaired) electrons. The largest absolute Gasteiger partial charge is 0.318 e. The summed E-state index contributed by atoms with van der Waals surface area (Å²) >= 11 is 13.7. The molecule has 1 aliphatic rings. The summed E-state index contributed by atoms with van der Waals surface area (Å²) < 4.78 is 0. The number of amides is 1. The van der Waals surface area contributed by atoms with Crippen LogP contribution in [0.5, 0.6) is 0 Å². The summed E-state index contributed by atoms with van der Waals surface area (Å²) in [7, 11) is 0. The van der Waals surface area contributed by atoms with Crippen LogP contribution in [-0.4, -0.2) is 36.2 Å². The highest BCUT2D eigenvalue weighted by Crippen LogP contribution is 2.46. The Bertz CT molecular complexity index is 932. The highest BCUT2D eigenvalue weighted by molar-refractivity contribution is 8.03. The van der Waals surface area contributed by atoms with Gasteiger partial charge in [-0.15, -0.1) is 11.8 Å². The summed E-state index contributed by atoms with van der Waals surface area (Å²) in [5.74, 6) is 0.536. The summed E-state index contributed by atoms with van der Waals surface area (Å²) in [6.45, 7) is 7.06. The molecule has 0 aromatic heterocycles. The number of carbonyl (C=O) groups is 1. The summed E-state index contributed by atoms with van der Waals surface area (Å²) in [6.07, 6.45) is 0. The lowest BCUT2D eigenvalue weighted by atomic mass is 9.70. The molecule has 30 heavy (non-hydrogen) atoms. The third kappa shape index (κ3) is 4.24. The van der Waals surface area contributed by atoms with Gasteiger partial charge < -0.3 is 10.2 Å². The van der Waals surface area contributed by atoms with Crippen LogP contribution in [0.25, 0.3) is 0 Å². The topological polar surface area (TPSA) is 56.1 Å². The van der Waals surface area contributed by atoms with Crippen LogP contribution in [0.3, 0.4) is 0 Å². The fourth-order valence-corrected chi connectivity index (χ4v) is 5.03. The molecule has 2 aromatic carbocycles. The van der Waals surface area contributed by atoms with Crippen molar-refractivity contribution in [1.29, 1.82) is 5.26 Å². The van der Waals surface area contributed by atoms with Gasteiger partial charge in [0.25, 0.3) is 0 Å². The van der Waals surface area contributed by atoms with E-state index in [1.54, 1.807) is 48.5 Å². The van der Waals surface area contributed by atoms with E-state index in [0.717, 1.165) is 25.4 Å². The number of nitriles is 1. The van der Waals surface area contributed by atoms with Crippen molar-refractivity contribution in [3.05, 3.63) is 80.3 Å². The van der Waals surface area contributed by atoms with E-state index in [1.807, 2.05) is 0 Å². The lowest BCUT2D eigenvalue weighted by Gasteiger charge is -2.28. The molecule has 1 heterocycles. The van der Waals surface area contributed by atoms with Crippen molar-refractivity contribution in [2.24, 2.45) is 0 Å². The summed E-state index contributed by atoms with van der Waals surface area (Å²) in [6, 6.07) is 16.5. The Hall–Kier alpha value is -1.97. The summed E-state index contributed by atoms with van der Waals surface area (Å²) in [5.41, 5.74) is 0.563. The maximum absolute atomic E-state index is 13.5. The van der Waals surface area contributed by atoms with Gasteiger partial charge in [-0.05, 0) is 48.5 Å². The zero-order chi connectivity index (χ0) is 21.7. The lowest BCUT2D eigenvalue weighted by molar-refractivity contribution is -0.122. The highest BCUT2D eigenvalue weighted by atomic mass is 35.5. The molecule has 2 aromatic rings. The molecule has 0 bridgehead atoms. The minimum absolute atomic E-state index is 0.242. The van der Waals surface area contributed by atoms with E-state index >= 15 is 0 Å². The van der Waals surface area contributed by atoms with Crippen molar-refractivity contribution in [2.45, 2.75) is 19.3 Å². The fraction of sp³-hybridized carbons (Fsp3) is 0.304. The molecule has 3 rings (SSSR count). The van der Waals surface area contributed by atoms with E-state index in [9.17, 15) is 10.1 Å². The van der Waals surface area contributed by atoms with E-state index in [-0.39, 0.29) is 5.91 Å². The standard InChI is InChI=1S/C23H23Cl2N3OS/c1-3-28(4-2)13-14-30-21-20(15-26)23(22(29)27-21,16-5-9-18(24)10-6-16)17-7-11-19(25)12-8-17/h5-12H,3-4,13-14H2,1-2H3,(H,27,29). The number of nitrogens with zero attached hydrogens (tertiary/aromatic N) is 2. The average Bonchev–Trinajstić information content (AvgIpc) is 3.04. The number of benzene rings is 2. The molecule has 0 spiro atoms. The second-order valence-electron chi connectivity index (χ2n) is 6.91. The number of halogens is 2. The zero-order valence-electron chi connectivity index (χ0n) is 16.9. The van der Waals surface area contributed by atoms with Crippen molar-refractivity contribution in [3.63, 3.8) is 0 Å². The maximum atomic E-state index is 13.5. The Labute approximate surface area is 191 Å². The fourth-order valence-electron chi connectivity index (χ4n) is 3.72. The molecule has 1 amide bonds. The van der Waals surface area contributed by atoms with Crippen molar-refractivity contribution in [2.75, 3.05) is 25.4 Å². The van der Waals surface area contributed by atoms with Gasteiger partial charge in [-0.3, -0.25) is 4.79 Å². The zero-order valence-corrected chi connectivity index (χ0v) is 19.2. The molecule has 4 nitrogen and oxygen atoms in total. The number of hydrogen-bond acceptors (Lipinski definition) is 4. The number of nitrogens with one attached hydrogen (secondary N) is 1. The van der Waals surface area contributed by atoms with Gasteiger partial charge in [-0.1, -0.05) is 61.3 Å². The average molecular weight is 460 g/mol. The predicted molar refractivity (Wildman–Crippen MR) is 125 cm³/mol. The predicted octanol–water partition coefficient (Wildman–Crippen LogP) is 5.22. The second-order valence-corrected chi connectivity index (χ2v) is 8.89. The van der Waals surface area contributed by atoms with E-state index in [0.29, 0.717) is 31.8 Å². The van der Waals surface area contributed by atoms with Crippen molar-refractivity contribution >= 4 is 40.9 Å². The van der Waals surface area contributed by atoms with Gasteiger partial charge in [0.1, 0.15) is 5.41 Å². The van der Waals surface area contributed by atoms with Crippen LogP contribution in [-0.2, 0) is 10.2 Å². The van der Waals surface area contributed by atoms with Crippen LogP contribution in [0.2, 0.25) is 10.0 Å². The van der Waals surface area contributed by atoms with Crippen LogP contribution in [0.4, 0.5) is 0 Å². The molecule has 1 N–H and O–H groups in total. The molecule has 0 saturated heterocycles. The molecule has 0 aliphatic carbocycles. The van der Waals surface area contributed by atoms with E-state index < -0.39 is 5.41 Å². The van der Waals surface area contributed by atoms with Gasteiger partial charge >= 0.3 is 0 Å². The van der Waals surface area contributed by atoms with Gasteiger partial charge in [0.15, 0.2) is 0 Å². The third-order valence-electron chi connectivity index (χ3n) is 5.38. The van der Waals surface area contributed by atoms with Gasteiger partial charge in [0, 0.05) is 22.3 Å². The van der Waals surface area contributed by atoms with Crippen molar-refractivity contribution in [1.82, 2.24) is 10.2 Å². The minimum atomic E-state index is -1.23. The minimum Gasteiger partial charge on any atom is -0.318 e. The smallest absolute Gasteiger partial charge is 0.245 e. The van der Waals surface area contributed by atoms with E-state index in [1.165, 1.54) is 11.8 Å². The van der Waals surface area contributed by atoms with Crippen LogP contribution in [0.15, 0.2) is 59.1 Å². The lowest BCUT2D eigenvalue weighted by Crippen LogP contribution is -2.39. The number of thioether (sulfide) groups is 1. The normalized spacial score (nSPS) is 15.4. The molecule has 0 unspecified atom stereocenters. The second kappa shape index (κ2) is 9.89. The molecule has 0 fully saturated rings. The number of carbonyl (C=O) groups excluding carboxylic acids is 1. The first kappa shape index (κ1) is 22.7. The van der Waals surface area contributed by atoms with Crippen LogP contribution >= 0.6 is 35.0 Å². The maximum Gasteiger partial charge on any atom is 0.245 e. The first-order valence-corrected chi connectivity index (χ1v) is 11.5. The van der Waals surface area contributed by atoms with E-state index in [2.05, 4.69) is 30.1 Å². The van der Waals surface area contributed by atoms with Gasteiger partial charge in [0.2, 0.25) is 5.91 Å². The molecule has 7 heteroatoms. The molecule has 156 valence electrons. The summed E-state index contributed by atoms with van der Waals surface area (Å²) in [5, 5.41) is 14.9. The quantitative estimate of drug-likeness (QED) is 0.587. The number of hydrogen-bond donors (Lipinski definition) is 1. The third-order valence-corrected chi connectivity index (χ3v) is 6.87. The molecule has 0 atom stereocenters. The Morgan fingerprint density at radius 1 is 1.00 bits per heavy atom. The van der Waals surface area contributed by atoms with Crippen LogP contribution in [0.1, 0.15) is 25.0 Å². The molecule has 1 aliphatic heterocycles. The van der Waals surface area contributed by atoms with Crippen LogP contribution < -0.4 is 5.32 Å². The Morgan fingerprint density at radius 2 is 1.50 bits per heavy atom. The monoisotopic (exact) mass is 459 g/mol. The van der Waals surface area contributed by atoms with Gasteiger partial charge in [-0.25, -0.2) is 0 Å². The SMILES string of the molecule is CCN(CC)CCSC1=C(C#N)C(c2ccc(Cl)cc2)(c2ccc(Cl)cc2)C(=O)N1. The van der Waals surface area contributed by atoms with Gasteiger partial charge in [-0.2, -0.15) is 5.26 Å². The van der Waals surface area contributed by atoms with E-state index in [4.69, 9.17) is 23.2 Å². The Morgan fingerprint density at radius 3 is 1.93 bits per heavy atom. The Balaban J connectivity index is 2.09. The highest BCUT2D eigenvalue weighted by Gasteiger charge is 2.52. The first-order valence-electron chi connectivity index (χ1n) is 9.80. The van der Waals surface area contributed by atoms with Crippen molar-refractivity contribution in [3.8, 4) is 6.07 Å². The van der Waals surface area contributed by atoms with Gasteiger partial charge in [0.05, 0.1) is 16.7 Å². The first-order chi connectivity index (χ1) is 14.5. The molecule has 0 saturated carbocycles.